The fourth-order valence-corrected chi connectivity index (χ4v) is 4.10. The van der Waals surface area contributed by atoms with Gasteiger partial charge in [0.25, 0.3) is 15.6 Å². The highest BCUT2D eigenvalue weighted by molar-refractivity contribution is 7.92. The summed E-state index contributed by atoms with van der Waals surface area (Å²) in [6, 6.07) is 14.8. The van der Waals surface area contributed by atoms with Crippen molar-refractivity contribution in [2.75, 3.05) is 11.8 Å². The van der Waals surface area contributed by atoms with Crippen LogP contribution in [0.1, 0.15) is 12.5 Å². The molecule has 0 unspecified atom stereocenters. The summed E-state index contributed by atoms with van der Waals surface area (Å²) in [4.78, 5) is 11.4. The summed E-state index contributed by atoms with van der Waals surface area (Å²) in [5.41, 5.74) is 1.77. The average molecular weight is 385 g/mol. The molecule has 0 radical (unpaired) electrons. The highest BCUT2D eigenvalue weighted by Crippen LogP contribution is 2.29. The number of hydrogen-bond donors (Lipinski definition) is 2. The third-order valence-electron chi connectivity index (χ3n) is 4.06. The summed E-state index contributed by atoms with van der Waals surface area (Å²) in [5, 5.41) is 6.32. The van der Waals surface area contributed by atoms with Gasteiger partial charge in [-0.25, -0.2) is 13.5 Å². The molecule has 1 heterocycles. The number of nitrogens with zero attached hydrogens (tertiary/aromatic N) is 1. The molecule has 7 nitrogen and oxygen atoms in total. The number of sulfonamides is 1. The highest BCUT2D eigenvalue weighted by Gasteiger charge is 2.21. The molecule has 0 spiro atoms. The van der Waals surface area contributed by atoms with E-state index >= 15 is 0 Å². The lowest BCUT2D eigenvalue weighted by molar-refractivity contribution is 0.417. The standard InChI is InChI=1S/C19H19N3O4S/c1-3-13-8-9-14(15-10-11-19(23)21-20-15)12-18(13)27(24,25)22-16-6-4-5-7-17(16)26-2/h4-12,22H,3H2,1-2H3,(H,21,23). The second kappa shape index (κ2) is 7.63. The van der Waals surface area contributed by atoms with Crippen molar-refractivity contribution >= 4 is 15.7 Å². The zero-order valence-corrected chi connectivity index (χ0v) is 15.7. The number of nitrogens with one attached hydrogen (secondary N) is 2. The fraction of sp³-hybridized carbons (Fsp3) is 0.158. The zero-order valence-electron chi connectivity index (χ0n) is 14.9. The van der Waals surface area contributed by atoms with E-state index in [9.17, 15) is 13.2 Å². The van der Waals surface area contributed by atoms with E-state index in [4.69, 9.17) is 4.74 Å². The molecule has 0 aliphatic rings. The van der Waals surface area contributed by atoms with E-state index in [1.54, 1.807) is 48.5 Å². The van der Waals surface area contributed by atoms with E-state index in [2.05, 4.69) is 14.9 Å². The molecular formula is C19H19N3O4S. The van der Waals surface area contributed by atoms with Crippen LogP contribution >= 0.6 is 0 Å². The molecule has 2 N–H and O–H groups in total. The molecule has 3 rings (SSSR count). The van der Waals surface area contributed by atoms with Gasteiger partial charge in [0.1, 0.15) is 5.75 Å². The maximum absolute atomic E-state index is 13.0. The Morgan fingerprint density at radius 1 is 1.11 bits per heavy atom. The Labute approximate surface area is 157 Å². The van der Waals surface area contributed by atoms with Crippen LogP contribution in [0.2, 0.25) is 0 Å². The van der Waals surface area contributed by atoms with Crippen LogP contribution in [0.25, 0.3) is 11.3 Å². The normalized spacial score (nSPS) is 11.2. The van der Waals surface area contributed by atoms with Crippen LogP contribution in [0, 0.1) is 0 Å². The van der Waals surface area contributed by atoms with Gasteiger partial charge in [0.2, 0.25) is 0 Å². The molecule has 0 saturated carbocycles. The first-order chi connectivity index (χ1) is 12.9. The molecular weight excluding hydrogens is 366 g/mol. The second-order valence-corrected chi connectivity index (χ2v) is 7.44. The number of hydrogen-bond acceptors (Lipinski definition) is 5. The number of para-hydroxylation sites is 2. The minimum Gasteiger partial charge on any atom is -0.495 e. The van der Waals surface area contributed by atoms with Crippen molar-refractivity contribution in [2.45, 2.75) is 18.2 Å². The van der Waals surface area contributed by atoms with Crippen LogP contribution < -0.4 is 15.0 Å². The van der Waals surface area contributed by atoms with Gasteiger partial charge in [0.15, 0.2) is 0 Å². The number of methoxy groups -OCH3 is 1. The summed E-state index contributed by atoms with van der Waals surface area (Å²) >= 11 is 0. The molecule has 0 bridgehead atoms. The molecule has 8 heteroatoms. The largest absolute Gasteiger partial charge is 0.495 e. The number of aromatic amines is 1. The van der Waals surface area contributed by atoms with Gasteiger partial charge in [0.05, 0.1) is 23.4 Å². The molecule has 0 aliphatic heterocycles. The Morgan fingerprint density at radius 2 is 1.89 bits per heavy atom. The Hall–Kier alpha value is -3.13. The van der Waals surface area contributed by atoms with Gasteiger partial charge in [0, 0.05) is 11.6 Å². The lowest BCUT2D eigenvalue weighted by atomic mass is 10.1. The van der Waals surface area contributed by atoms with Crippen LogP contribution in [0.5, 0.6) is 5.75 Å². The Balaban J connectivity index is 2.06. The van der Waals surface area contributed by atoms with Crippen LogP contribution in [0.3, 0.4) is 0 Å². The third-order valence-corrected chi connectivity index (χ3v) is 5.51. The first-order valence-electron chi connectivity index (χ1n) is 8.29. The van der Waals surface area contributed by atoms with E-state index in [0.29, 0.717) is 34.7 Å². The Kier molecular flexibility index (Phi) is 5.27. The number of aromatic nitrogens is 2. The van der Waals surface area contributed by atoms with Crippen molar-refractivity contribution in [1.29, 1.82) is 0 Å². The summed E-state index contributed by atoms with van der Waals surface area (Å²) in [5.74, 6) is 0.428. The maximum atomic E-state index is 13.0. The van der Waals surface area contributed by atoms with E-state index in [0.717, 1.165) is 0 Å². The quantitative estimate of drug-likeness (QED) is 0.679. The van der Waals surface area contributed by atoms with Crippen molar-refractivity contribution in [3.05, 3.63) is 70.5 Å². The lowest BCUT2D eigenvalue weighted by Crippen LogP contribution is -2.16. The highest BCUT2D eigenvalue weighted by atomic mass is 32.2. The number of anilines is 1. The third kappa shape index (κ3) is 4.01. The molecule has 27 heavy (non-hydrogen) atoms. The molecule has 0 atom stereocenters. The molecule has 2 aromatic carbocycles. The minimum atomic E-state index is -3.86. The number of ether oxygens (including phenoxy) is 1. The average Bonchev–Trinajstić information content (AvgIpc) is 2.68. The van der Waals surface area contributed by atoms with Crippen molar-refractivity contribution < 1.29 is 13.2 Å². The molecule has 140 valence electrons. The summed E-state index contributed by atoms with van der Waals surface area (Å²) in [6.45, 7) is 1.88. The zero-order chi connectivity index (χ0) is 19.4. The molecule has 0 amide bonds. The second-order valence-electron chi connectivity index (χ2n) is 5.79. The predicted molar refractivity (Wildman–Crippen MR) is 103 cm³/mol. The monoisotopic (exact) mass is 385 g/mol. The first kappa shape index (κ1) is 18.7. The van der Waals surface area contributed by atoms with Gasteiger partial charge in [-0.05, 0) is 36.2 Å². The Morgan fingerprint density at radius 3 is 2.56 bits per heavy atom. The smallest absolute Gasteiger partial charge is 0.264 e. The molecule has 0 aliphatic carbocycles. The van der Waals surface area contributed by atoms with Gasteiger partial charge in [-0.2, -0.15) is 5.10 Å². The van der Waals surface area contributed by atoms with Crippen LogP contribution in [-0.4, -0.2) is 25.7 Å². The van der Waals surface area contributed by atoms with E-state index in [1.165, 1.54) is 13.2 Å². The first-order valence-corrected chi connectivity index (χ1v) is 9.78. The minimum absolute atomic E-state index is 0.154. The van der Waals surface area contributed by atoms with Gasteiger partial charge in [-0.3, -0.25) is 9.52 Å². The number of H-pyrrole nitrogens is 1. The van der Waals surface area contributed by atoms with E-state index in [-0.39, 0.29) is 10.5 Å². The molecule has 0 saturated heterocycles. The number of rotatable bonds is 6. The van der Waals surface area contributed by atoms with Crippen LogP contribution in [-0.2, 0) is 16.4 Å². The van der Waals surface area contributed by atoms with Gasteiger partial charge in [-0.15, -0.1) is 0 Å². The van der Waals surface area contributed by atoms with Crippen molar-refractivity contribution in [2.24, 2.45) is 0 Å². The summed E-state index contributed by atoms with van der Waals surface area (Å²) in [6.07, 6.45) is 0.543. The number of benzene rings is 2. The topological polar surface area (TPSA) is 101 Å². The van der Waals surface area contributed by atoms with Crippen LogP contribution in [0.15, 0.2) is 64.3 Å². The molecule has 0 fully saturated rings. The predicted octanol–water partition coefficient (Wildman–Crippen LogP) is 2.81. The van der Waals surface area contributed by atoms with Crippen molar-refractivity contribution in [1.82, 2.24) is 10.2 Å². The number of aryl methyl sites for hydroxylation is 1. The summed E-state index contributed by atoms with van der Waals surface area (Å²) < 4.78 is 33.9. The lowest BCUT2D eigenvalue weighted by Gasteiger charge is -2.15. The Bertz CT molecular complexity index is 1100. The molecule has 1 aromatic heterocycles. The SMILES string of the molecule is CCc1ccc(-c2ccc(=O)[nH]n2)cc1S(=O)(=O)Nc1ccccc1OC. The summed E-state index contributed by atoms with van der Waals surface area (Å²) in [7, 11) is -2.38. The van der Waals surface area contributed by atoms with E-state index < -0.39 is 10.0 Å². The van der Waals surface area contributed by atoms with Crippen molar-refractivity contribution in [3.8, 4) is 17.0 Å². The van der Waals surface area contributed by atoms with Crippen LogP contribution in [0.4, 0.5) is 5.69 Å². The van der Waals surface area contributed by atoms with Crippen molar-refractivity contribution in [3.63, 3.8) is 0 Å². The molecule has 3 aromatic rings. The van der Waals surface area contributed by atoms with Gasteiger partial charge < -0.3 is 4.74 Å². The van der Waals surface area contributed by atoms with Gasteiger partial charge in [-0.1, -0.05) is 31.2 Å². The maximum Gasteiger partial charge on any atom is 0.264 e. The van der Waals surface area contributed by atoms with Gasteiger partial charge >= 0.3 is 0 Å². The van der Waals surface area contributed by atoms with E-state index in [1.807, 2.05) is 6.92 Å². The fourth-order valence-electron chi connectivity index (χ4n) is 2.69.